The molecule has 0 aromatic rings. The standard InChI is InChI=1S/C9H17NO2/c1-3-4-5-6-7-8(10-2)9(11)12/h3-4,8,10H,5-7H2,1-2H3,(H,11,12). The quantitative estimate of drug-likeness (QED) is 0.469. The Labute approximate surface area is 73.5 Å². The molecule has 0 aliphatic rings. The number of carbonyl (C=O) groups is 1. The highest BCUT2D eigenvalue weighted by Crippen LogP contribution is 2.01. The molecule has 1 atom stereocenters. The molecule has 1 unspecified atom stereocenters. The fourth-order valence-electron chi connectivity index (χ4n) is 0.998. The predicted molar refractivity (Wildman–Crippen MR) is 49.1 cm³/mol. The highest BCUT2D eigenvalue weighted by Gasteiger charge is 2.12. The van der Waals surface area contributed by atoms with Gasteiger partial charge in [0.25, 0.3) is 0 Å². The van der Waals surface area contributed by atoms with Gasteiger partial charge in [0.05, 0.1) is 0 Å². The molecule has 12 heavy (non-hydrogen) atoms. The Morgan fingerprint density at radius 1 is 1.67 bits per heavy atom. The van der Waals surface area contributed by atoms with E-state index in [0.29, 0.717) is 6.42 Å². The van der Waals surface area contributed by atoms with Gasteiger partial charge >= 0.3 is 5.97 Å². The maximum absolute atomic E-state index is 10.5. The molecule has 0 heterocycles. The number of unbranched alkanes of at least 4 members (excludes halogenated alkanes) is 1. The zero-order valence-electron chi connectivity index (χ0n) is 7.71. The Bertz CT molecular complexity index is 155. The molecule has 0 rings (SSSR count). The van der Waals surface area contributed by atoms with Gasteiger partial charge in [0.15, 0.2) is 0 Å². The van der Waals surface area contributed by atoms with Gasteiger partial charge in [-0.25, -0.2) is 0 Å². The first-order chi connectivity index (χ1) is 5.72. The van der Waals surface area contributed by atoms with Crippen LogP contribution in [0.1, 0.15) is 26.2 Å². The molecule has 0 amide bonds. The normalized spacial score (nSPS) is 13.5. The first kappa shape index (κ1) is 11.2. The largest absolute Gasteiger partial charge is 0.480 e. The van der Waals surface area contributed by atoms with E-state index in [1.165, 1.54) is 0 Å². The lowest BCUT2D eigenvalue weighted by Gasteiger charge is -2.09. The summed E-state index contributed by atoms with van der Waals surface area (Å²) in [5.74, 6) is -0.766. The van der Waals surface area contributed by atoms with Crippen molar-refractivity contribution in [3.8, 4) is 0 Å². The van der Waals surface area contributed by atoms with Crippen LogP contribution in [0.25, 0.3) is 0 Å². The molecular weight excluding hydrogens is 154 g/mol. The molecule has 2 N–H and O–H groups in total. The van der Waals surface area contributed by atoms with Crippen molar-refractivity contribution in [3.05, 3.63) is 12.2 Å². The smallest absolute Gasteiger partial charge is 0.320 e. The van der Waals surface area contributed by atoms with Gasteiger partial charge in [0.1, 0.15) is 6.04 Å². The minimum Gasteiger partial charge on any atom is -0.480 e. The molecule has 0 saturated heterocycles. The average molecular weight is 171 g/mol. The number of hydrogen-bond donors (Lipinski definition) is 2. The molecule has 0 fully saturated rings. The molecule has 70 valence electrons. The number of allylic oxidation sites excluding steroid dienone is 2. The van der Waals surface area contributed by atoms with Crippen LogP contribution in [0.2, 0.25) is 0 Å². The van der Waals surface area contributed by atoms with Crippen molar-refractivity contribution in [2.45, 2.75) is 32.2 Å². The van der Waals surface area contributed by atoms with E-state index in [1.807, 2.05) is 13.0 Å². The number of hydrogen-bond acceptors (Lipinski definition) is 2. The summed E-state index contributed by atoms with van der Waals surface area (Å²) in [6.07, 6.45) is 6.60. The molecule has 0 aliphatic carbocycles. The van der Waals surface area contributed by atoms with Crippen molar-refractivity contribution < 1.29 is 9.90 Å². The summed E-state index contributed by atoms with van der Waals surface area (Å²) in [5.41, 5.74) is 0. The van der Waals surface area contributed by atoms with Gasteiger partial charge in [-0.3, -0.25) is 4.79 Å². The van der Waals surface area contributed by atoms with Crippen LogP contribution in [0.15, 0.2) is 12.2 Å². The zero-order valence-corrected chi connectivity index (χ0v) is 7.71. The van der Waals surface area contributed by atoms with Crippen LogP contribution in [0.3, 0.4) is 0 Å². The summed E-state index contributed by atoms with van der Waals surface area (Å²) < 4.78 is 0. The van der Waals surface area contributed by atoms with Crippen LogP contribution in [0.5, 0.6) is 0 Å². The third-order valence-corrected chi connectivity index (χ3v) is 1.75. The zero-order chi connectivity index (χ0) is 9.40. The molecule has 0 bridgehead atoms. The van der Waals surface area contributed by atoms with Gasteiger partial charge in [-0.2, -0.15) is 0 Å². The summed E-state index contributed by atoms with van der Waals surface area (Å²) in [6, 6.07) is -0.393. The molecule has 0 aromatic carbocycles. The second kappa shape index (κ2) is 6.85. The third-order valence-electron chi connectivity index (χ3n) is 1.75. The summed E-state index contributed by atoms with van der Waals surface area (Å²) in [4.78, 5) is 10.5. The summed E-state index contributed by atoms with van der Waals surface area (Å²) in [5, 5.41) is 11.4. The van der Waals surface area contributed by atoms with E-state index in [0.717, 1.165) is 12.8 Å². The highest BCUT2D eigenvalue weighted by atomic mass is 16.4. The van der Waals surface area contributed by atoms with Crippen molar-refractivity contribution in [1.82, 2.24) is 5.32 Å². The SMILES string of the molecule is CC=CCCCC(NC)C(=O)O. The molecule has 0 spiro atoms. The van der Waals surface area contributed by atoms with Gasteiger partial charge in [-0.15, -0.1) is 0 Å². The van der Waals surface area contributed by atoms with E-state index in [4.69, 9.17) is 5.11 Å². The fraction of sp³-hybridized carbons (Fsp3) is 0.667. The Balaban J connectivity index is 3.51. The molecule has 0 saturated carbocycles. The Hall–Kier alpha value is -0.830. The fourth-order valence-corrected chi connectivity index (χ4v) is 0.998. The first-order valence-electron chi connectivity index (χ1n) is 4.23. The lowest BCUT2D eigenvalue weighted by atomic mass is 10.1. The van der Waals surface area contributed by atoms with E-state index in [2.05, 4.69) is 11.4 Å². The lowest BCUT2D eigenvalue weighted by Crippen LogP contribution is -2.33. The number of nitrogens with one attached hydrogen (secondary N) is 1. The van der Waals surface area contributed by atoms with Gasteiger partial charge in [-0.05, 0) is 33.2 Å². The average Bonchev–Trinajstić information content (AvgIpc) is 2.04. The van der Waals surface area contributed by atoms with Crippen molar-refractivity contribution in [3.63, 3.8) is 0 Å². The minimum absolute atomic E-state index is 0.393. The number of aliphatic carboxylic acids is 1. The van der Waals surface area contributed by atoms with E-state index in [9.17, 15) is 4.79 Å². The van der Waals surface area contributed by atoms with Crippen LogP contribution in [0.4, 0.5) is 0 Å². The van der Waals surface area contributed by atoms with Crippen molar-refractivity contribution in [1.29, 1.82) is 0 Å². The second-order valence-corrected chi connectivity index (χ2v) is 2.68. The van der Waals surface area contributed by atoms with Crippen LogP contribution in [-0.4, -0.2) is 24.2 Å². The molecule has 3 heteroatoms. The third kappa shape index (κ3) is 4.91. The molecule has 0 aliphatic heterocycles. The lowest BCUT2D eigenvalue weighted by molar-refractivity contribution is -0.139. The maximum atomic E-state index is 10.5. The highest BCUT2D eigenvalue weighted by molar-refractivity contribution is 5.73. The maximum Gasteiger partial charge on any atom is 0.320 e. The van der Waals surface area contributed by atoms with Crippen LogP contribution < -0.4 is 5.32 Å². The number of likely N-dealkylation sites (N-methyl/N-ethyl adjacent to an activating group) is 1. The number of rotatable bonds is 6. The van der Waals surface area contributed by atoms with E-state index in [-0.39, 0.29) is 0 Å². The summed E-state index contributed by atoms with van der Waals surface area (Å²) in [6.45, 7) is 1.97. The predicted octanol–water partition coefficient (Wildman–Crippen LogP) is 1.41. The van der Waals surface area contributed by atoms with Gasteiger partial charge in [0.2, 0.25) is 0 Å². The van der Waals surface area contributed by atoms with Gasteiger partial charge in [-0.1, -0.05) is 12.2 Å². The Morgan fingerprint density at radius 3 is 2.75 bits per heavy atom. The summed E-state index contributed by atoms with van der Waals surface area (Å²) in [7, 11) is 1.68. The topological polar surface area (TPSA) is 49.3 Å². The van der Waals surface area contributed by atoms with E-state index in [1.54, 1.807) is 7.05 Å². The molecule has 0 radical (unpaired) electrons. The van der Waals surface area contributed by atoms with E-state index < -0.39 is 12.0 Å². The van der Waals surface area contributed by atoms with Crippen LogP contribution >= 0.6 is 0 Å². The van der Waals surface area contributed by atoms with Gasteiger partial charge in [0, 0.05) is 0 Å². The summed E-state index contributed by atoms with van der Waals surface area (Å²) >= 11 is 0. The first-order valence-corrected chi connectivity index (χ1v) is 4.23. The van der Waals surface area contributed by atoms with Gasteiger partial charge < -0.3 is 10.4 Å². The molecule has 3 nitrogen and oxygen atoms in total. The van der Waals surface area contributed by atoms with Crippen LogP contribution in [-0.2, 0) is 4.79 Å². The Morgan fingerprint density at radius 2 is 2.33 bits per heavy atom. The van der Waals surface area contributed by atoms with Crippen molar-refractivity contribution in [2.24, 2.45) is 0 Å². The van der Waals surface area contributed by atoms with Crippen LogP contribution in [0, 0.1) is 0 Å². The van der Waals surface area contributed by atoms with E-state index >= 15 is 0 Å². The van der Waals surface area contributed by atoms with Crippen molar-refractivity contribution in [2.75, 3.05) is 7.05 Å². The molecule has 0 aromatic heterocycles. The number of carboxylic acids is 1. The number of carboxylic acid groups (broad SMARTS) is 1. The second-order valence-electron chi connectivity index (χ2n) is 2.68. The monoisotopic (exact) mass is 171 g/mol. The van der Waals surface area contributed by atoms with Crippen molar-refractivity contribution >= 4 is 5.97 Å². The molecular formula is C9H17NO2. The minimum atomic E-state index is -0.766. The Kier molecular flexibility index (Phi) is 6.38.